The summed E-state index contributed by atoms with van der Waals surface area (Å²) >= 11 is 0. The minimum absolute atomic E-state index is 0.415. The zero-order valence-electron chi connectivity index (χ0n) is 38.3. The van der Waals surface area contributed by atoms with Gasteiger partial charge >= 0.3 is 0 Å². The number of para-hydroxylation sites is 3. The molecule has 12 aromatic rings. The van der Waals surface area contributed by atoms with Crippen LogP contribution in [0.5, 0.6) is 0 Å². The summed E-state index contributed by atoms with van der Waals surface area (Å²) in [6, 6.07) is 84.4. The SMILES string of the molecule is c1ccc(-c2ccc(C3CCCCC3)c(-c3nc(-n4c5ccccc5c5ccccc54)nc(-n4c5ccccc5c5ccc([Si](c6ccccc6)(c6ccccc6)c6ccccc6)cc54)n3)c2)cc1. The van der Waals surface area contributed by atoms with Gasteiger partial charge in [-0.1, -0.05) is 219 Å². The molecule has 0 aliphatic heterocycles. The van der Waals surface area contributed by atoms with Crippen molar-refractivity contribution < 1.29 is 0 Å². The van der Waals surface area contributed by atoms with Crippen molar-refractivity contribution in [3.63, 3.8) is 0 Å². The van der Waals surface area contributed by atoms with Gasteiger partial charge in [0.1, 0.15) is 0 Å². The minimum atomic E-state index is -2.91. The molecule has 0 amide bonds. The van der Waals surface area contributed by atoms with E-state index in [4.69, 9.17) is 15.0 Å². The van der Waals surface area contributed by atoms with Crippen LogP contribution in [0.1, 0.15) is 43.6 Å². The summed E-state index contributed by atoms with van der Waals surface area (Å²) in [5.41, 5.74) is 8.92. The van der Waals surface area contributed by atoms with Gasteiger partial charge in [-0.05, 0) is 86.5 Å². The molecule has 0 N–H and O–H groups in total. The summed E-state index contributed by atoms with van der Waals surface area (Å²) in [5, 5.41) is 9.90. The van der Waals surface area contributed by atoms with E-state index < -0.39 is 8.07 Å². The van der Waals surface area contributed by atoms with Gasteiger partial charge in [-0.2, -0.15) is 15.0 Å². The molecule has 0 spiro atoms. The number of fused-ring (bicyclic) bond motifs is 6. The second-order valence-electron chi connectivity index (χ2n) is 18.6. The monoisotopic (exact) mass is 903 g/mol. The number of benzene rings is 9. The first-order valence-electron chi connectivity index (χ1n) is 24.4. The lowest BCUT2D eigenvalue weighted by Crippen LogP contribution is -2.74. The van der Waals surface area contributed by atoms with Crippen LogP contribution in [0.2, 0.25) is 0 Å². The molecule has 3 heterocycles. The number of rotatable bonds is 9. The van der Waals surface area contributed by atoms with E-state index in [0.29, 0.717) is 23.6 Å². The van der Waals surface area contributed by atoms with Gasteiger partial charge in [0.15, 0.2) is 13.9 Å². The minimum Gasteiger partial charge on any atom is -0.278 e. The third-order valence-corrected chi connectivity index (χ3v) is 19.5. The number of hydrogen-bond donors (Lipinski definition) is 0. The first kappa shape index (κ1) is 41.0. The summed E-state index contributed by atoms with van der Waals surface area (Å²) in [6.07, 6.45) is 6.04. The first-order chi connectivity index (χ1) is 34.2. The van der Waals surface area contributed by atoms with Crippen LogP contribution in [-0.4, -0.2) is 32.2 Å². The van der Waals surface area contributed by atoms with Gasteiger partial charge < -0.3 is 0 Å². The number of hydrogen-bond acceptors (Lipinski definition) is 3. The lowest BCUT2D eigenvalue weighted by molar-refractivity contribution is 0.444. The molecular weight excluding hydrogens is 855 g/mol. The fourth-order valence-electron chi connectivity index (χ4n) is 11.6. The average Bonchev–Trinajstić information content (AvgIpc) is 3.95. The Balaban J connectivity index is 1.14. The molecule has 1 fully saturated rings. The van der Waals surface area contributed by atoms with Gasteiger partial charge in [0, 0.05) is 27.1 Å². The highest BCUT2D eigenvalue weighted by Gasteiger charge is 2.42. The van der Waals surface area contributed by atoms with Crippen molar-refractivity contribution in [1.29, 1.82) is 0 Å². The molecule has 0 bridgehead atoms. The number of nitrogens with zero attached hydrogens (tertiary/aromatic N) is 5. The van der Waals surface area contributed by atoms with Crippen molar-refractivity contribution in [2.45, 2.75) is 38.0 Å². The molecule has 5 nitrogen and oxygen atoms in total. The Kier molecular flexibility index (Phi) is 10.2. The summed E-state index contributed by atoms with van der Waals surface area (Å²) < 4.78 is 4.57. The zero-order chi connectivity index (χ0) is 45.7. The maximum absolute atomic E-state index is 5.71. The predicted molar refractivity (Wildman–Crippen MR) is 289 cm³/mol. The molecule has 0 unspecified atom stereocenters. The fourth-order valence-corrected chi connectivity index (χ4v) is 16.4. The van der Waals surface area contributed by atoms with E-state index in [1.807, 2.05) is 0 Å². The molecule has 0 saturated heterocycles. The lowest BCUT2D eigenvalue weighted by atomic mass is 9.81. The summed E-state index contributed by atoms with van der Waals surface area (Å²) in [6.45, 7) is 0. The second-order valence-corrected chi connectivity index (χ2v) is 22.4. The highest BCUT2D eigenvalue weighted by Crippen LogP contribution is 2.41. The summed E-state index contributed by atoms with van der Waals surface area (Å²) in [4.78, 5) is 17.0. The Bertz CT molecular complexity index is 3670. The topological polar surface area (TPSA) is 48.5 Å². The van der Waals surface area contributed by atoms with Crippen LogP contribution in [0, 0.1) is 0 Å². The molecule has 1 aliphatic carbocycles. The van der Waals surface area contributed by atoms with Crippen LogP contribution >= 0.6 is 0 Å². The van der Waals surface area contributed by atoms with E-state index in [-0.39, 0.29) is 0 Å². The smallest absolute Gasteiger partial charge is 0.240 e. The number of aromatic nitrogens is 5. The first-order valence-corrected chi connectivity index (χ1v) is 26.4. The van der Waals surface area contributed by atoms with Crippen molar-refractivity contribution in [3.05, 3.63) is 236 Å². The van der Waals surface area contributed by atoms with Crippen LogP contribution in [0.15, 0.2) is 231 Å². The van der Waals surface area contributed by atoms with Crippen LogP contribution in [0.4, 0.5) is 0 Å². The highest BCUT2D eigenvalue weighted by atomic mass is 28.3. The zero-order valence-corrected chi connectivity index (χ0v) is 39.3. The van der Waals surface area contributed by atoms with Gasteiger partial charge in [0.2, 0.25) is 11.9 Å². The van der Waals surface area contributed by atoms with Gasteiger partial charge in [0.25, 0.3) is 0 Å². The Morgan fingerprint density at radius 1 is 0.348 bits per heavy atom. The van der Waals surface area contributed by atoms with E-state index in [2.05, 4.69) is 240 Å². The molecular formula is C63H49N5Si. The average molecular weight is 904 g/mol. The van der Waals surface area contributed by atoms with Crippen LogP contribution < -0.4 is 20.7 Å². The molecule has 0 radical (unpaired) electrons. The molecule has 6 heteroatoms. The lowest BCUT2D eigenvalue weighted by Gasteiger charge is -2.34. The van der Waals surface area contributed by atoms with E-state index in [1.54, 1.807) is 0 Å². The van der Waals surface area contributed by atoms with Crippen molar-refractivity contribution in [2.75, 3.05) is 0 Å². The van der Waals surface area contributed by atoms with E-state index in [0.717, 1.165) is 67.6 Å². The molecule has 69 heavy (non-hydrogen) atoms. The van der Waals surface area contributed by atoms with Gasteiger partial charge in [0.05, 0.1) is 22.1 Å². The summed E-state index contributed by atoms with van der Waals surface area (Å²) in [7, 11) is -2.91. The standard InChI is InChI=1S/C63H49N5Si/c1-6-22-44(23-7-1)46-38-40-51(45-24-8-2-9-25-45)56(42-46)61-64-62(67-57-35-19-16-32-52(57)53-33-17-20-36-58(53)67)66-63(65-61)68-59-37-21-18-34-54(59)55-41-39-50(43-60(55)68)69(47-26-10-3-11-27-47,48-28-12-4-13-29-48)49-30-14-5-15-31-49/h1,3-7,10-23,26-43,45H,2,8-9,24-25H2. The normalized spacial score (nSPS) is 13.4. The maximum Gasteiger partial charge on any atom is 0.240 e. The van der Waals surface area contributed by atoms with Crippen molar-refractivity contribution in [3.8, 4) is 34.4 Å². The maximum atomic E-state index is 5.71. The fraction of sp³-hybridized carbons (Fsp3) is 0.0952. The van der Waals surface area contributed by atoms with Gasteiger partial charge in [-0.15, -0.1) is 0 Å². The highest BCUT2D eigenvalue weighted by molar-refractivity contribution is 7.20. The summed E-state index contributed by atoms with van der Waals surface area (Å²) in [5.74, 6) is 2.28. The van der Waals surface area contributed by atoms with Crippen molar-refractivity contribution in [1.82, 2.24) is 24.1 Å². The van der Waals surface area contributed by atoms with E-state index in [1.165, 1.54) is 51.1 Å². The van der Waals surface area contributed by atoms with Crippen LogP contribution in [-0.2, 0) is 0 Å². The van der Waals surface area contributed by atoms with Gasteiger partial charge in [-0.25, -0.2) is 0 Å². The van der Waals surface area contributed by atoms with E-state index in [9.17, 15) is 0 Å². The molecule has 0 atom stereocenters. The Labute approximate surface area is 403 Å². The second kappa shape index (κ2) is 17.2. The third-order valence-electron chi connectivity index (χ3n) is 14.8. The van der Waals surface area contributed by atoms with E-state index >= 15 is 0 Å². The third kappa shape index (κ3) is 6.85. The van der Waals surface area contributed by atoms with Crippen molar-refractivity contribution >= 4 is 72.4 Å². The molecule has 330 valence electrons. The van der Waals surface area contributed by atoms with Crippen LogP contribution in [0.3, 0.4) is 0 Å². The Morgan fingerprint density at radius 3 is 1.32 bits per heavy atom. The van der Waals surface area contributed by atoms with Crippen molar-refractivity contribution in [2.24, 2.45) is 0 Å². The molecule has 1 saturated carbocycles. The molecule has 3 aromatic heterocycles. The predicted octanol–water partition coefficient (Wildman–Crippen LogP) is 12.8. The quantitative estimate of drug-likeness (QED) is 0.107. The molecule has 1 aliphatic rings. The Hall–Kier alpha value is -8.19. The van der Waals surface area contributed by atoms with Gasteiger partial charge in [-0.3, -0.25) is 9.13 Å². The van der Waals surface area contributed by atoms with Crippen LogP contribution in [0.25, 0.3) is 78.0 Å². The molecule has 9 aromatic carbocycles. The largest absolute Gasteiger partial charge is 0.278 e. The Morgan fingerprint density at radius 2 is 0.797 bits per heavy atom. The molecule has 13 rings (SSSR count).